The topological polar surface area (TPSA) is 21.3 Å². The van der Waals surface area contributed by atoms with E-state index in [1.807, 2.05) is 0 Å². The highest BCUT2D eigenvalue weighted by Crippen LogP contribution is 2.25. The zero-order chi connectivity index (χ0) is 14.8. The van der Waals surface area contributed by atoms with Gasteiger partial charge in [0.05, 0.1) is 6.61 Å². The van der Waals surface area contributed by atoms with E-state index in [0.717, 1.165) is 26.1 Å². The lowest BCUT2D eigenvalue weighted by molar-refractivity contribution is 0.196. The van der Waals surface area contributed by atoms with Crippen LogP contribution in [0.2, 0.25) is 0 Å². The summed E-state index contributed by atoms with van der Waals surface area (Å²) >= 11 is 0. The van der Waals surface area contributed by atoms with E-state index in [0.29, 0.717) is 11.3 Å². The Morgan fingerprint density at radius 1 is 1.15 bits per heavy atom. The zero-order valence-corrected chi connectivity index (χ0v) is 13.6. The van der Waals surface area contributed by atoms with Crippen LogP contribution in [0.4, 0.5) is 0 Å². The fourth-order valence-corrected chi connectivity index (χ4v) is 2.34. The maximum atomic E-state index is 5.09. The summed E-state index contributed by atoms with van der Waals surface area (Å²) in [5.41, 5.74) is 1.86. The Bertz CT molecular complexity index is 342. The molecule has 0 aliphatic carbocycles. The molecule has 0 aliphatic rings. The quantitative estimate of drug-likeness (QED) is 0.691. The van der Waals surface area contributed by atoms with Crippen molar-refractivity contribution in [3.8, 4) is 0 Å². The summed E-state index contributed by atoms with van der Waals surface area (Å²) < 4.78 is 5.09. The predicted octanol–water partition coefficient (Wildman–Crippen LogP) is 3.91. The van der Waals surface area contributed by atoms with E-state index in [-0.39, 0.29) is 0 Å². The molecule has 0 fully saturated rings. The van der Waals surface area contributed by atoms with Crippen molar-refractivity contribution in [3.05, 3.63) is 35.9 Å². The summed E-state index contributed by atoms with van der Waals surface area (Å²) in [5.74, 6) is 0.702. The number of hydrogen-bond acceptors (Lipinski definition) is 2. The van der Waals surface area contributed by atoms with Crippen molar-refractivity contribution < 1.29 is 4.74 Å². The molecule has 1 aromatic rings. The normalized spacial score (nSPS) is 13.4. The number of nitrogens with one attached hydrogen (secondary N) is 1. The summed E-state index contributed by atoms with van der Waals surface area (Å²) in [6, 6.07) is 10.8. The van der Waals surface area contributed by atoms with E-state index in [2.05, 4.69) is 56.4 Å². The highest BCUT2D eigenvalue weighted by Gasteiger charge is 2.15. The largest absolute Gasteiger partial charge is 0.383 e. The van der Waals surface area contributed by atoms with Crippen LogP contribution in [-0.4, -0.2) is 26.8 Å². The fourth-order valence-electron chi connectivity index (χ4n) is 2.34. The van der Waals surface area contributed by atoms with Crippen LogP contribution in [0.5, 0.6) is 0 Å². The Hall–Kier alpha value is -0.860. The van der Waals surface area contributed by atoms with Crippen molar-refractivity contribution in [2.24, 2.45) is 11.3 Å². The van der Waals surface area contributed by atoms with Crippen LogP contribution >= 0.6 is 0 Å². The summed E-state index contributed by atoms with van der Waals surface area (Å²) in [6.07, 6.45) is 3.71. The molecule has 0 spiro atoms. The fraction of sp³-hybridized carbons (Fsp3) is 0.667. The molecule has 0 saturated heterocycles. The lowest BCUT2D eigenvalue weighted by Gasteiger charge is -2.23. The second-order valence-electron chi connectivity index (χ2n) is 6.85. The van der Waals surface area contributed by atoms with Crippen molar-refractivity contribution in [1.29, 1.82) is 0 Å². The molecule has 0 bridgehead atoms. The lowest BCUT2D eigenvalue weighted by Crippen LogP contribution is -2.28. The van der Waals surface area contributed by atoms with Crippen LogP contribution in [0.3, 0.4) is 0 Å². The molecule has 1 unspecified atom stereocenters. The van der Waals surface area contributed by atoms with Gasteiger partial charge in [-0.15, -0.1) is 0 Å². The monoisotopic (exact) mass is 277 g/mol. The molecular formula is C18H31NO. The standard InChI is InChI=1S/C18H31NO/c1-18(2,3)11-10-17(15-19-12-13-20-4)14-16-8-6-5-7-9-16/h5-9,17,19H,10-15H2,1-4H3. The van der Waals surface area contributed by atoms with Crippen molar-refractivity contribution >= 4 is 0 Å². The van der Waals surface area contributed by atoms with E-state index in [1.54, 1.807) is 7.11 Å². The zero-order valence-electron chi connectivity index (χ0n) is 13.6. The van der Waals surface area contributed by atoms with Gasteiger partial charge in [0.15, 0.2) is 0 Å². The molecule has 0 aliphatic heterocycles. The van der Waals surface area contributed by atoms with Crippen molar-refractivity contribution in [1.82, 2.24) is 5.32 Å². The highest BCUT2D eigenvalue weighted by molar-refractivity contribution is 5.15. The van der Waals surface area contributed by atoms with E-state index in [4.69, 9.17) is 4.74 Å². The molecule has 2 heteroatoms. The summed E-state index contributed by atoms with van der Waals surface area (Å²) in [6.45, 7) is 9.78. The Labute approximate surface area is 124 Å². The van der Waals surface area contributed by atoms with Gasteiger partial charge < -0.3 is 10.1 Å². The van der Waals surface area contributed by atoms with E-state index < -0.39 is 0 Å². The van der Waals surface area contributed by atoms with Crippen LogP contribution in [0, 0.1) is 11.3 Å². The Morgan fingerprint density at radius 3 is 2.45 bits per heavy atom. The van der Waals surface area contributed by atoms with E-state index in [9.17, 15) is 0 Å². The van der Waals surface area contributed by atoms with Gasteiger partial charge in [-0.2, -0.15) is 0 Å². The van der Waals surface area contributed by atoms with Crippen LogP contribution in [0.1, 0.15) is 39.2 Å². The molecule has 1 atom stereocenters. The van der Waals surface area contributed by atoms with Crippen LogP contribution < -0.4 is 5.32 Å². The minimum absolute atomic E-state index is 0.418. The number of hydrogen-bond donors (Lipinski definition) is 1. The van der Waals surface area contributed by atoms with Crippen molar-refractivity contribution in [2.75, 3.05) is 26.8 Å². The van der Waals surface area contributed by atoms with Gasteiger partial charge in [-0.05, 0) is 42.7 Å². The molecule has 114 valence electrons. The lowest BCUT2D eigenvalue weighted by atomic mass is 9.84. The van der Waals surface area contributed by atoms with Gasteiger partial charge in [0.25, 0.3) is 0 Å². The predicted molar refractivity (Wildman–Crippen MR) is 87.1 cm³/mol. The third-order valence-electron chi connectivity index (χ3n) is 3.59. The third kappa shape index (κ3) is 8.34. The Kier molecular flexibility index (Phi) is 7.86. The van der Waals surface area contributed by atoms with Crippen LogP contribution in [-0.2, 0) is 11.2 Å². The first-order valence-corrected chi connectivity index (χ1v) is 7.75. The second-order valence-corrected chi connectivity index (χ2v) is 6.85. The molecule has 0 aromatic heterocycles. The Balaban J connectivity index is 2.45. The number of methoxy groups -OCH3 is 1. The van der Waals surface area contributed by atoms with Gasteiger partial charge in [-0.25, -0.2) is 0 Å². The smallest absolute Gasteiger partial charge is 0.0587 e. The Morgan fingerprint density at radius 2 is 1.85 bits per heavy atom. The molecular weight excluding hydrogens is 246 g/mol. The van der Waals surface area contributed by atoms with Gasteiger partial charge in [0, 0.05) is 13.7 Å². The average Bonchev–Trinajstić information content (AvgIpc) is 2.41. The molecule has 0 radical (unpaired) electrons. The maximum absolute atomic E-state index is 5.09. The molecule has 1 rings (SSSR count). The first-order valence-electron chi connectivity index (χ1n) is 7.75. The number of rotatable bonds is 9. The number of ether oxygens (including phenoxy) is 1. The third-order valence-corrected chi connectivity index (χ3v) is 3.59. The SMILES string of the molecule is COCCNCC(CCC(C)(C)C)Cc1ccccc1. The van der Waals surface area contributed by atoms with Gasteiger partial charge in [0.2, 0.25) is 0 Å². The molecule has 1 N–H and O–H groups in total. The first kappa shape index (κ1) is 17.2. The van der Waals surface area contributed by atoms with Gasteiger partial charge >= 0.3 is 0 Å². The number of benzene rings is 1. The molecule has 1 aromatic carbocycles. The van der Waals surface area contributed by atoms with Crippen molar-refractivity contribution in [3.63, 3.8) is 0 Å². The van der Waals surface area contributed by atoms with Gasteiger partial charge in [-0.3, -0.25) is 0 Å². The minimum atomic E-state index is 0.418. The van der Waals surface area contributed by atoms with Gasteiger partial charge in [-0.1, -0.05) is 51.1 Å². The molecule has 0 amide bonds. The van der Waals surface area contributed by atoms with E-state index in [1.165, 1.54) is 18.4 Å². The summed E-state index contributed by atoms with van der Waals surface area (Å²) in [5, 5.41) is 3.52. The second kappa shape index (κ2) is 9.15. The summed E-state index contributed by atoms with van der Waals surface area (Å²) in [7, 11) is 1.75. The molecule has 2 nitrogen and oxygen atoms in total. The first-order chi connectivity index (χ1) is 9.51. The van der Waals surface area contributed by atoms with Gasteiger partial charge in [0.1, 0.15) is 0 Å². The minimum Gasteiger partial charge on any atom is -0.383 e. The molecule has 0 saturated carbocycles. The van der Waals surface area contributed by atoms with Crippen LogP contribution in [0.25, 0.3) is 0 Å². The molecule has 20 heavy (non-hydrogen) atoms. The average molecular weight is 277 g/mol. The van der Waals surface area contributed by atoms with E-state index >= 15 is 0 Å². The summed E-state index contributed by atoms with van der Waals surface area (Å²) in [4.78, 5) is 0. The highest BCUT2D eigenvalue weighted by atomic mass is 16.5. The molecule has 0 heterocycles. The maximum Gasteiger partial charge on any atom is 0.0587 e. The van der Waals surface area contributed by atoms with Crippen LogP contribution in [0.15, 0.2) is 30.3 Å². The van der Waals surface area contributed by atoms with Crippen molar-refractivity contribution in [2.45, 2.75) is 40.0 Å².